The van der Waals surface area contributed by atoms with Gasteiger partial charge < -0.3 is 10.2 Å². The molecule has 1 heterocycles. The predicted octanol–water partition coefficient (Wildman–Crippen LogP) is 1.69. The van der Waals surface area contributed by atoms with Crippen LogP contribution in [0.25, 0.3) is 0 Å². The average Bonchev–Trinajstić information content (AvgIpc) is 2.93. The van der Waals surface area contributed by atoms with Gasteiger partial charge in [-0.05, 0) is 31.4 Å². The quantitative estimate of drug-likeness (QED) is 0.857. The Balaban J connectivity index is 1.71. The molecule has 3 heteroatoms. The van der Waals surface area contributed by atoms with Gasteiger partial charge in [0.15, 0.2) is 0 Å². The fourth-order valence-corrected chi connectivity index (χ4v) is 2.45. The van der Waals surface area contributed by atoms with E-state index in [9.17, 15) is 4.79 Å². The number of nitrogens with one attached hydrogen (secondary N) is 1. The minimum Gasteiger partial charge on any atom is -0.345 e. The van der Waals surface area contributed by atoms with Crippen LogP contribution in [0.4, 0.5) is 0 Å². The van der Waals surface area contributed by atoms with E-state index in [2.05, 4.69) is 29.6 Å². The van der Waals surface area contributed by atoms with E-state index >= 15 is 0 Å². The van der Waals surface area contributed by atoms with Crippen molar-refractivity contribution in [3.8, 4) is 0 Å². The van der Waals surface area contributed by atoms with Gasteiger partial charge in [0.05, 0.1) is 5.92 Å². The molecule has 0 aromatic heterocycles. The van der Waals surface area contributed by atoms with Crippen LogP contribution in [0, 0.1) is 5.92 Å². The van der Waals surface area contributed by atoms with Gasteiger partial charge in [-0.15, -0.1) is 0 Å². The van der Waals surface area contributed by atoms with Crippen molar-refractivity contribution in [3.63, 3.8) is 0 Å². The van der Waals surface area contributed by atoms with Crippen molar-refractivity contribution in [2.24, 2.45) is 5.92 Å². The first-order chi connectivity index (χ1) is 8.77. The molecule has 3 nitrogen and oxygen atoms in total. The molecule has 1 unspecified atom stereocenters. The smallest absolute Gasteiger partial charge is 0.226 e. The van der Waals surface area contributed by atoms with E-state index in [0.29, 0.717) is 5.91 Å². The highest BCUT2D eigenvalue weighted by molar-refractivity contribution is 5.79. The van der Waals surface area contributed by atoms with Gasteiger partial charge in [-0.3, -0.25) is 4.79 Å². The van der Waals surface area contributed by atoms with E-state index < -0.39 is 0 Å². The Bertz CT molecular complexity index is 371. The molecule has 1 amide bonds. The van der Waals surface area contributed by atoms with E-state index in [1.165, 1.54) is 5.56 Å². The van der Waals surface area contributed by atoms with Gasteiger partial charge in [-0.2, -0.15) is 0 Å². The monoisotopic (exact) mass is 246 g/mol. The van der Waals surface area contributed by atoms with Gasteiger partial charge in [0.1, 0.15) is 0 Å². The van der Waals surface area contributed by atoms with Crippen molar-refractivity contribution in [1.29, 1.82) is 0 Å². The molecule has 1 N–H and O–H groups in total. The fraction of sp³-hybridized carbons (Fsp3) is 0.533. The molecule has 18 heavy (non-hydrogen) atoms. The molecular formula is C15H22N2O. The van der Waals surface area contributed by atoms with Crippen LogP contribution in [0.5, 0.6) is 0 Å². The van der Waals surface area contributed by atoms with Gasteiger partial charge in [0.2, 0.25) is 5.91 Å². The van der Waals surface area contributed by atoms with Crippen LogP contribution < -0.4 is 5.32 Å². The number of hydrogen-bond acceptors (Lipinski definition) is 2. The molecule has 1 aromatic rings. The Morgan fingerprint density at radius 3 is 2.83 bits per heavy atom. The molecular weight excluding hydrogens is 224 g/mol. The Kier molecular flexibility index (Phi) is 4.76. The molecule has 0 aliphatic carbocycles. The zero-order valence-electron chi connectivity index (χ0n) is 11.1. The molecule has 1 saturated heterocycles. The summed E-state index contributed by atoms with van der Waals surface area (Å²) in [5.74, 6) is 0.500. The van der Waals surface area contributed by atoms with E-state index in [-0.39, 0.29) is 5.92 Å². The molecule has 1 atom stereocenters. The maximum absolute atomic E-state index is 12.1. The first kappa shape index (κ1) is 13.1. The zero-order chi connectivity index (χ0) is 12.8. The van der Waals surface area contributed by atoms with Crippen LogP contribution in [-0.4, -0.2) is 37.5 Å². The molecule has 1 aliphatic heterocycles. The van der Waals surface area contributed by atoms with Gasteiger partial charge in [-0.1, -0.05) is 30.3 Å². The number of nitrogens with zero attached hydrogens (tertiary/aromatic N) is 1. The molecule has 1 aromatic carbocycles. The van der Waals surface area contributed by atoms with E-state index in [1.807, 2.05) is 18.0 Å². The second-order valence-electron chi connectivity index (χ2n) is 5.04. The highest BCUT2D eigenvalue weighted by Gasteiger charge is 2.24. The maximum atomic E-state index is 12.1. The zero-order valence-corrected chi connectivity index (χ0v) is 11.1. The van der Waals surface area contributed by atoms with Crippen LogP contribution in [0.2, 0.25) is 0 Å². The summed E-state index contributed by atoms with van der Waals surface area (Å²) in [4.78, 5) is 14.0. The molecule has 1 fully saturated rings. The number of aryl methyl sites for hydroxylation is 1. The Morgan fingerprint density at radius 1 is 1.39 bits per heavy atom. The molecule has 0 bridgehead atoms. The van der Waals surface area contributed by atoms with Crippen molar-refractivity contribution in [2.45, 2.75) is 19.3 Å². The lowest BCUT2D eigenvalue weighted by atomic mass is 10.1. The summed E-state index contributed by atoms with van der Waals surface area (Å²) in [6.45, 7) is 2.68. The van der Waals surface area contributed by atoms with Crippen LogP contribution >= 0.6 is 0 Å². The van der Waals surface area contributed by atoms with Crippen molar-refractivity contribution in [3.05, 3.63) is 35.9 Å². The number of carbonyl (C=O) groups excluding carboxylic acids is 1. The third-order valence-corrected chi connectivity index (χ3v) is 3.59. The standard InChI is InChI=1S/C15H22N2O/c1-17(15(18)14-9-10-16-12-14)11-5-8-13-6-3-2-4-7-13/h2-4,6-7,14,16H,5,8-12H2,1H3. The summed E-state index contributed by atoms with van der Waals surface area (Å²) in [7, 11) is 1.92. The number of rotatable bonds is 5. The number of hydrogen-bond donors (Lipinski definition) is 1. The van der Waals surface area contributed by atoms with Crippen LogP contribution in [0.1, 0.15) is 18.4 Å². The third-order valence-electron chi connectivity index (χ3n) is 3.59. The second-order valence-corrected chi connectivity index (χ2v) is 5.04. The molecule has 0 radical (unpaired) electrons. The molecule has 2 rings (SSSR count). The van der Waals surface area contributed by atoms with Gasteiger partial charge in [0, 0.05) is 20.1 Å². The third kappa shape index (κ3) is 3.57. The first-order valence-corrected chi connectivity index (χ1v) is 6.77. The minimum atomic E-state index is 0.201. The highest BCUT2D eigenvalue weighted by Crippen LogP contribution is 2.11. The number of benzene rings is 1. The van der Waals surface area contributed by atoms with E-state index in [4.69, 9.17) is 0 Å². The minimum absolute atomic E-state index is 0.201. The SMILES string of the molecule is CN(CCCc1ccccc1)C(=O)C1CCNC1. The van der Waals surface area contributed by atoms with Gasteiger partial charge in [-0.25, -0.2) is 0 Å². The fourth-order valence-electron chi connectivity index (χ4n) is 2.45. The summed E-state index contributed by atoms with van der Waals surface area (Å²) in [6, 6.07) is 10.4. The largest absolute Gasteiger partial charge is 0.345 e. The summed E-state index contributed by atoms with van der Waals surface area (Å²) in [5, 5.41) is 3.24. The average molecular weight is 246 g/mol. The van der Waals surface area contributed by atoms with Crippen LogP contribution in [0.3, 0.4) is 0 Å². The Hall–Kier alpha value is -1.35. The van der Waals surface area contributed by atoms with Crippen molar-refractivity contribution in [2.75, 3.05) is 26.7 Å². The maximum Gasteiger partial charge on any atom is 0.226 e. The van der Waals surface area contributed by atoms with Crippen molar-refractivity contribution in [1.82, 2.24) is 10.2 Å². The lowest BCUT2D eigenvalue weighted by molar-refractivity contribution is -0.133. The van der Waals surface area contributed by atoms with Crippen molar-refractivity contribution < 1.29 is 4.79 Å². The molecule has 0 spiro atoms. The number of amides is 1. The normalized spacial score (nSPS) is 18.8. The summed E-state index contributed by atoms with van der Waals surface area (Å²) >= 11 is 0. The van der Waals surface area contributed by atoms with E-state index in [0.717, 1.165) is 38.9 Å². The second kappa shape index (κ2) is 6.55. The first-order valence-electron chi connectivity index (χ1n) is 6.77. The summed E-state index contributed by atoms with van der Waals surface area (Å²) in [5.41, 5.74) is 1.35. The van der Waals surface area contributed by atoms with Crippen LogP contribution in [0.15, 0.2) is 30.3 Å². The highest BCUT2D eigenvalue weighted by atomic mass is 16.2. The molecule has 1 aliphatic rings. The molecule has 98 valence electrons. The lowest BCUT2D eigenvalue weighted by Gasteiger charge is -2.20. The summed E-state index contributed by atoms with van der Waals surface area (Å²) in [6.07, 6.45) is 3.07. The summed E-state index contributed by atoms with van der Waals surface area (Å²) < 4.78 is 0. The molecule has 0 saturated carbocycles. The van der Waals surface area contributed by atoms with Gasteiger partial charge in [0.25, 0.3) is 0 Å². The van der Waals surface area contributed by atoms with E-state index in [1.54, 1.807) is 0 Å². The van der Waals surface area contributed by atoms with Gasteiger partial charge >= 0.3 is 0 Å². The topological polar surface area (TPSA) is 32.3 Å². The Morgan fingerprint density at radius 2 is 2.17 bits per heavy atom. The predicted molar refractivity (Wildman–Crippen MR) is 73.4 cm³/mol. The van der Waals surface area contributed by atoms with Crippen LogP contribution in [-0.2, 0) is 11.2 Å². The van der Waals surface area contributed by atoms with Crippen molar-refractivity contribution >= 4 is 5.91 Å². The number of carbonyl (C=O) groups is 1. The Labute approximate surface area is 109 Å². The lowest BCUT2D eigenvalue weighted by Crippen LogP contribution is -2.34.